The van der Waals surface area contributed by atoms with Crippen LogP contribution >= 0.6 is 0 Å². The summed E-state index contributed by atoms with van der Waals surface area (Å²) in [6.07, 6.45) is 4.47. The van der Waals surface area contributed by atoms with Gasteiger partial charge in [0.15, 0.2) is 0 Å². The van der Waals surface area contributed by atoms with Gasteiger partial charge < -0.3 is 15.1 Å². The van der Waals surface area contributed by atoms with Gasteiger partial charge in [0.05, 0.1) is 17.7 Å². The van der Waals surface area contributed by atoms with Crippen molar-refractivity contribution >= 4 is 39.3 Å². The molecule has 1 aromatic carbocycles. The molecule has 2 amide bonds. The summed E-state index contributed by atoms with van der Waals surface area (Å²) in [5, 5.41) is 5.32. The predicted octanol–water partition coefficient (Wildman–Crippen LogP) is 2.51. The van der Waals surface area contributed by atoms with E-state index in [0.29, 0.717) is 22.7 Å². The van der Waals surface area contributed by atoms with E-state index in [0.717, 1.165) is 0 Å². The number of amides is 2. The zero-order chi connectivity index (χ0) is 20.6. The van der Waals surface area contributed by atoms with Gasteiger partial charge in [-0.1, -0.05) is 0 Å². The van der Waals surface area contributed by atoms with Gasteiger partial charge in [0.2, 0.25) is 21.8 Å². The standard InChI is InChI=1S/C19H23N3O5S/c1-3-28(25,26)22-17-8-6-15(13-14(17)2)21-19(24)10-11-20-18(23)9-7-16-5-4-12-27-16/h4-9,12-13,22H,3,10-11H2,1-2H3,(H,20,23)(H,21,24)/b9-7+. The number of hydrogen-bond donors (Lipinski definition) is 3. The highest BCUT2D eigenvalue weighted by molar-refractivity contribution is 7.92. The van der Waals surface area contributed by atoms with Crippen LogP contribution in [0.15, 0.2) is 47.1 Å². The third kappa shape index (κ3) is 6.92. The van der Waals surface area contributed by atoms with Crippen molar-refractivity contribution in [1.82, 2.24) is 5.32 Å². The molecule has 0 fully saturated rings. The second-order valence-electron chi connectivity index (χ2n) is 5.97. The highest BCUT2D eigenvalue weighted by Crippen LogP contribution is 2.21. The Morgan fingerprint density at radius 1 is 1.21 bits per heavy atom. The van der Waals surface area contributed by atoms with E-state index >= 15 is 0 Å². The number of sulfonamides is 1. The Bertz CT molecular complexity index is 950. The van der Waals surface area contributed by atoms with Gasteiger partial charge >= 0.3 is 0 Å². The summed E-state index contributed by atoms with van der Waals surface area (Å²) in [5.41, 5.74) is 1.70. The number of rotatable bonds is 9. The van der Waals surface area contributed by atoms with Crippen LogP contribution in [0.2, 0.25) is 0 Å². The van der Waals surface area contributed by atoms with Gasteiger partial charge in [0, 0.05) is 24.7 Å². The summed E-state index contributed by atoms with van der Waals surface area (Å²) < 4.78 is 30.8. The number of carbonyl (C=O) groups excluding carboxylic acids is 2. The smallest absolute Gasteiger partial charge is 0.244 e. The molecule has 2 rings (SSSR count). The summed E-state index contributed by atoms with van der Waals surface area (Å²) in [7, 11) is -3.36. The Balaban J connectivity index is 1.79. The third-order valence-electron chi connectivity index (χ3n) is 3.75. The van der Waals surface area contributed by atoms with Crippen LogP contribution in [0.5, 0.6) is 0 Å². The van der Waals surface area contributed by atoms with Gasteiger partial charge in [-0.05, 0) is 55.8 Å². The van der Waals surface area contributed by atoms with Crippen LogP contribution in [0, 0.1) is 6.92 Å². The highest BCUT2D eigenvalue weighted by Gasteiger charge is 2.10. The van der Waals surface area contributed by atoms with Crippen LogP contribution in [0.1, 0.15) is 24.7 Å². The Hall–Kier alpha value is -3.07. The van der Waals surface area contributed by atoms with Gasteiger partial charge in [-0.3, -0.25) is 14.3 Å². The molecule has 0 bridgehead atoms. The molecule has 2 aromatic rings. The van der Waals surface area contributed by atoms with Crippen molar-refractivity contribution in [3.05, 3.63) is 54.0 Å². The summed E-state index contributed by atoms with van der Waals surface area (Å²) >= 11 is 0. The first-order valence-electron chi connectivity index (χ1n) is 8.69. The lowest BCUT2D eigenvalue weighted by Crippen LogP contribution is -2.26. The minimum atomic E-state index is -3.36. The van der Waals surface area contributed by atoms with E-state index in [4.69, 9.17) is 4.42 Å². The van der Waals surface area contributed by atoms with Crippen LogP contribution in [0.4, 0.5) is 11.4 Å². The fraction of sp³-hybridized carbons (Fsp3) is 0.263. The van der Waals surface area contributed by atoms with E-state index in [1.807, 2.05) is 0 Å². The lowest BCUT2D eigenvalue weighted by molar-refractivity contribution is -0.117. The predicted molar refractivity (Wildman–Crippen MR) is 108 cm³/mol. The Kier molecular flexibility index (Phi) is 7.39. The van der Waals surface area contributed by atoms with Gasteiger partial charge in [0.25, 0.3) is 0 Å². The zero-order valence-electron chi connectivity index (χ0n) is 15.7. The first kappa shape index (κ1) is 21.2. The number of hydrogen-bond acceptors (Lipinski definition) is 5. The second kappa shape index (κ2) is 9.75. The maximum atomic E-state index is 12.0. The lowest BCUT2D eigenvalue weighted by Gasteiger charge is -2.12. The minimum Gasteiger partial charge on any atom is -0.465 e. The van der Waals surface area contributed by atoms with Crippen molar-refractivity contribution in [2.75, 3.05) is 22.3 Å². The highest BCUT2D eigenvalue weighted by atomic mass is 32.2. The molecule has 0 radical (unpaired) electrons. The second-order valence-corrected chi connectivity index (χ2v) is 7.98. The van der Waals surface area contributed by atoms with Crippen LogP contribution in [-0.4, -0.2) is 32.5 Å². The van der Waals surface area contributed by atoms with Gasteiger partial charge in [0.1, 0.15) is 5.76 Å². The van der Waals surface area contributed by atoms with E-state index in [1.54, 1.807) is 44.2 Å². The van der Waals surface area contributed by atoms with E-state index in [2.05, 4.69) is 15.4 Å². The van der Waals surface area contributed by atoms with Crippen LogP contribution in [0.25, 0.3) is 6.08 Å². The molecular formula is C19H23N3O5S. The van der Waals surface area contributed by atoms with Gasteiger partial charge in [-0.25, -0.2) is 8.42 Å². The van der Waals surface area contributed by atoms with Crippen molar-refractivity contribution in [3.8, 4) is 0 Å². The molecule has 150 valence electrons. The van der Waals surface area contributed by atoms with E-state index in [1.165, 1.54) is 18.4 Å². The molecule has 8 nitrogen and oxygen atoms in total. The molecule has 0 spiro atoms. The number of anilines is 2. The van der Waals surface area contributed by atoms with Crippen molar-refractivity contribution in [2.45, 2.75) is 20.3 Å². The van der Waals surface area contributed by atoms with Crippen molar-refractivity contribution in [1.29, 1.82) is 0 Å². The molecule has 0 aliphatic carbocycles. The maximum Gasteiger partial charge on any atom is 0.244 e. The maximum absolute atomic E-state index is 12.0. The average molecular weight is 405 g/mol. The first-order chi connectivity index (χ1) is 13.3. The number of aryl methyl sites for hydroxylation is 1. The first-order valence-corrected chi connectivity index (χ1v) is 10.3. The van der Waals surface area contributed by atoms with E-state index in [-0.39, 0.29) is 30.5 Å². The number of carbonyl (C=O) groups is 2. The normalized spacial score (nSPS) is 11.4. The lowest BCUT2D eigenvalue weighted by atomic mass is 10.2. The largest absolute Gasteiger partial charge is 0.465 e. The summed E-state index contributed by atoms with van der Waals surface area (Å²) in [6.45, 7) is 3.48. The molecular weight excluding hydrogens is 382 g/mol. The molecule has 1 aromatic heterocycles. The molecule has 28 heavy (non-hydrogen) atoms. The molecule has 0 saturated heterocycles. The molecule has 0 saturated carbocycles. The van der Waals surface area contributed by atoms with Crippen molar-refractivity contribution in [3.63, 3.8) is 0 Å². The van der Waals surface area contributed by atoms with Gasteiger partial charge in [-0.2, -0.15) is 0 Å². The summed E-state index contributed by atoms with van der Waals surface area (Å²) in [6, 6.07) is 8.32. The number of furan rings is 1. The van der Waals surface area contributed by atoms with Crippen molar-refractivity contribution < 1.29 is 22.4 Å². The molecule has 0 aliphatic heterocycles. The SMILES string of the molecule is CCS(=O)(=O)Nc1ccc(NC(=O)CCNC(=O)/C=C/c2ccco2)cc1C. The molecule has 0 unspecified atom stereocenters. The molecule has 0 aliphatic rings. The zero-order valence-corrected chi connectivity index (χ0v) is 16.5. The van der Waals surface area contributed by atoms with E-state index < -0.39 is 10.0 Å². The molecule has 1 heterocycles. The fourth-order valence-electron chi connectivity index (χ4n) is 2.22. The monoisotopic (exact) mass is 405 g/mol. The van der Waals surface area contributed by atoms with Crippen molar-refractivity contribution in [2.24, 2.45) is 0 Å². The number of nitrogens with one attached hydrogen (secondary N) is 3. The Morgan fingerprint density at radius 3 is 2.64 bits per heavy atom. The quantitative estimate of drug-likeness (QED) is 0.554. The van der Waals surface area contributed by atoms with E-state index in [9.17, 15) is 18.0 Å². The van der Waals surface area contributed by atoms with Gasteiger partial charge in [-0.15, -0.1) is 0 Å². The third-order valence-corrected chi connectivity index (χ3v) is 5.04. The average Bonchev–Trinajstić information content (AvgIpc) is 3.16. The Morgan fingerprint density at radius 2 is 2.00 bits per heavy atom. The molecule has 9 heteroatoms. The molecule has 3 N–H and O–H groups in total. The summed E-state index contributed by atoms with van der Waals surface area (Å²) in [4.78, 5) is 23.7. The van der Waals surface area contributed by atoms with Crippen LogP contribution in [0.3, 0.4) is 0 Å². The van der Waals surface area contributed by atoms with Crippen LogP contribution in [-0.2, 0) is 19.6 Å². The fourth-order valence-corrected chi connectivity index (χ4v) is 2.93. The van der Waals surface area contributed by atoms with Crippen LogP contribution < -0.4 is 15.4 Å². The topological polar surface area (TPSA) is 118 Å². The summed E-state index contributed by atoms with van der Waals surface area (Å²) in [5.74, 6) is -0.0509. The minimum absolute atomic E-state index is 0.0205. The Labute approximate surface area is 164 Å². The number of benzene rings is 1. The molecule has 0 atom stereocenters.